The highest BCUT2D eigenvalue weighted by Crippen LogP contribution is 2.70. The van der Waals surface area contributed by atoms with Crippen molar-refractivity contribution in [2.24, 2.45) is 5.41 Å². The Morgan fingerprint density at radius 2 is 0.831 bits per heavy atom. The van der Waals surface area contributed by atoms with Gasteiger partial charge in [0.15, 0.2) is 0 Å². The van der Waals surface area contributed by atoms with E-state index < -0.39 is 10.8 Å². The van der Waals surface area contributed by atoms with Crippen LogP contribution < -0.4 is 4.90 Å². The number of hydrogen-bond acceptors (Lipinski definition) is 1. The molecule has 2 nitrogen and oxygen atoms in total. The smallest absolute Gasteiger partial charge is 0.0720 e. The number of para-hydroxylation sites is 2. The minimum absolute atomic E-state index is 0.103. The molecular weight excluding hydrogens is 929 g/mol. The van der Waals surface area contributed by atoms with E-state index in [1.165, 1.54) is 111 Å². The Morgan fingerprint density at radius 1 is 0.351 bits per heavy atom. The van der Waals surface area contributed by atoms with Crippen molar-refractivity contribution in [3.05, 3.63) is 329 Å². The number of nitrogens with zero attached hydrogens (tertiary/aromatic N) is 2. The fourth-order valence-electron chi connectivity index (χ4n) is 14.7. The zero-order valence-corrected chi connectivity index (χ0v) is 43.0. The summed E-state index contributed by atoms with van der Waals surface area (Å²) < 4.78 is 2.39. The van der Waals surface area contributed by atoms with Crippen LogP contribution in [-0.2, 0) is 10.8 Å². The molecule has 0 saturated carbocycles. The van der Waals surface area contributed by atoms with Gasteiger partial charge < -0.3 is 9.47 Å². The summed E-state index contributed by atoms with van der Waals surface area (Å²) >= 11 is 0. The topological polar surface area (TPSA) is 8.17 Å². The number of anilines is 3. The lowest BCUT2D eigenvalue weighted by molar-refractivity contribution is 0.630. The Bertz CT molecular complexity index is 4410. The number of benzene rings is 11. The van der Waals surface area contributed by atoms with E-state index in [1.54, 1.807) is 0 Å². The maximum atomic E-state index is 2.50. The highest BCUT2D eigenvalue weighted by Gasteiger charge is 2.61. The Hall–Kier alpha value is -9.50. The summed E-state index contributed by atoms with van der Waals surface area (Å²) in [4.78, 5) is 2.50. The van der Waals surface area contributed by atoms with Gasteiger partial charge in [-0.2, -0.15) is 0 Å². The van der Waals surface area contributed by atoms with Crippen LogP contribution in [0.3, 0.4) is 0 Å². The molecule has 0 unspecified atom stereocenters. The Morgan fingerprint density at radius 3 is 1.49 bits per heavy atom. The van der Waals surface area contributed by atoms with Gasteiger partial charge in [0.1, 0.15) is 0 Å². The number of aromatic nitrogens is 1. The van der Waals surface area contributed by atoms with Crippen molar-refractivity contribution >= 4 is 44.4 Å². The summed E-state index contributed by atoms with van der Waals surface area (Å²) in [5.74, 6) is 0. The van der Waals surface area contributed by atoms with E-state index in [4.69, 9.17) is 0 Å². The summed E-state index contributed by atoms with van der Waals surface area (Å²) in [6.07, 6.45) is 4.90. The molecule has 4 aliphatic rings. The SMILES string of the molecule is CC1(C)C=CC2=C1c1ccccc1C21c2ccccc2C2(c3ccccc3-c3c(N(c4ccc(-c5ccccc5)cc4)c4ccc(-c5ccc6c(c5)c5ccccc5n6-c5ccccc5)cc4)cccc32)c2ccccc21. The van der Waals surface area contributed by atoms with E-state index in [2.05, 4.69) is 302 Å². The lowest BCUT2D eigenvalue weighted by atomic mass is 9.52. The highest BCUT2D eigenvalue weighted by atomic mass is 15.1. The van der Waals surface area contributed by atoms with Gasteiger partial charge in [-0.3, -0.25) is 0 Å². The first-order valence-corrected chi connectivity index (χ1v) is 27.1. The number of rotatable bonds is 6. The van der Waals surface area contributed by atoms with Crippen LogP contribution in [0.15, 0.2) is 285 Å². The number of allylic oxidation sites excluding steroid dienone is 4. The van der Waals surface area contributed by atoms with Crippen molar-refractivity contribution in [1.29, 1.82) is 0 Å². The first-order chi connectivity index (χ1) is 38.0. The van der Waals surface area contributed by atoms with Gasteiger partial charge >= 0.3 is 0 Å². The van der Waals surface area contributed by atoms with Crippen LogP contribution in [0.1, 0.15) is 58.4 Å². The summed E-state index contributed by atoms with van der Waals surface area (Å²) in [6.45, 7) is 4.77. The third-order valence-electron chi connectivity index (χ3n) is 17.7. The second kappa shape index (κ2) is 16.3. The molecular formula is C75H52N2. The summed E-state index contributed by atoms with van der Waals surface area (Å²) in [7, 11) is 0. The van der Waals surface area contributed by atoms with Crippen molar-refractivity contribution in [3.8, 4) is 39.1 Å². The molecule has 0 amide bonds. The molecule has 12 aromatic rings. The van der Waals surface area contributed by atoms with Crippen molar-refractivity contribution < 1.29 is 0 Å². The molecule has 4 aliphatic carbocycles. The second-order valence-electron chi connectivity index (χ2n) is 21.9. The Kier molecular flexibility index (Phi) is 9.26. The molecule has 1 heterocycles. The third-order valence-corrected chi connectivity index (χ3v) is 17.7. The van der Waals surface area contributed by atoms with E-state index in [0.717, 1.165) is 22.7 Å². The van der Waals surface area contributed by atoms with Crippen LogP contribution in [0.5, 0.6) is 0 Å². The van der Waals surface area contributed by atoms with Gasteiger partial charge in [-0.15, -0.1) is 0 Å². The van der Waals surface area contributed by atoms with Gasteiger partial charge in [-0.25, -0.2) is 0 Å². The minimum Gasteiger partial charge on any atom is -0.310 e. The van der Waals surface area contributed by atoms with Crippen molar-refractivity contribution in [2.45, 2.75) is 24.7 Å². The van der Waals surface area contributed by atoms with Gasteiger partial charge in [0, 0.05) is 38.8 Å². The maximum absolute atomic E-state index is 2.50. The predicted molar refractivity (Wildman–Crippen MR) is 320 cm³/mol. The number of hydrogen-bond donors (Lipinski definition) is 0. The molecule has 0 radical (unpaired) electrons. The van der Waals surface area contributed by atoms with Crippen LogP contribution in [0.2, 0.25) is 0 Å². The molecule has 0 aliphatic heterocycles. The predicted octanol–water partition coefficient (Wildman–Crippen LogP) is 19.0. The van der Waals surface area contributed by atoms with Gasteiger partial charge in [-0.05, 0) is 144 Å². The van der Waals surface area contributed by atoms with Crippen LogP contribution in [0, 0.1) is 5.41 Å². The molecule has 77 heavy (non-hydrogen) atoms. The van der Waals surface area contributed by atoms with Crippen molar-refractivity contribution in [1.82, 2.24) is 4.57 Å². The second-order valence-corrected chi connectivity index (χ2v) is 21.9. The quantitative estimate of drug-likeness (QED) is 0.161. The first-order valence-electron chi connectivity index (χ1n) is 27.1. The van der Waals surface area contributed by atoms with Crippen LogP contribution in [0.25, 0.3) is 66.4 Å². The molecule has 362 valence electrons. The zero-order chi connectivity index (χ0) is 51.0. The molecule has 2 spiro atoms. The van der Waals surface area contributed by atoms with Crippen molar-refractivity contribution in [2.75, 3.05) is 4.90 Å². The lowest BCUT2D eigenvalue weighted by Gasteiger charge is -2.49. The molecule has 11 aromatic carbocycles. The fourth-order valence-corrected chi connectivity index (χ4v) is 14.7. The molecule has 1 aromatic heterocycles. The number of fused-ring (bicyclic) bond motifs is 18. The lowest BCUT2D eigenvalue weighted by Crippen LogP contribution is -2.44. The van der Waals surface area contributed by atoms with E-state index in [9.17, 15) is 0 Å². The van der Waals surface area contributed by atoms with Crippen molar-refractivity contribution in [3.63, 3.8) is 0 Å². The largest absolute Gasteiger partial charge is 0.310 e. The molecule has 0 saturated heterocycles. The van der Waals surface area contributed by atoms with Crippen LogP contribution >= 0.6 is 0 Å². The summed E-state index contributed by atoms with van der Waals surface area (Å²) in [5.41, 5.74) is 26.6. The van der Waals surface area contributed by atoms with E-state index in [-0.39, 0.29) is 5.41 Å². The average Bonchev–Trinajstić information content (AvgIpc) is 3.25. The summed E-state index contributed by atoms with van der Waals surface area (Å²) in [5, 5.41) is 2.49. The molecule has 0 N–H and O–H groups in total. The Balaban J connectivity index is 0.905. The normalized spacial score (nSPS) is 17.8. The van der Waals surface area contributed by atoms with E-state index >= 15 is 0 Å². The first kappa shape index (κ1) is 43.9. The van der Waals surface area contributed by atoms with Crippen LogP contribution in [0.4, 0.5) is 17.1 Å². The maximum Gasteiger partial charge on any atom is 0.0720 e. The molecule has 0 fully saturated rings. The minimum atomic E-state index is -0.606. The molecule has 2 heteroatoms. The third kappa shape index (κ3) is 5.90. The highest BCUT2D eigenvalue weighted by molar-refractivity contribution is 6.10. The standard InChI is InChI=1S/C75H52N2/c1-73(2)47-46-67-72(73)58-26-10-13-28-61(58)75(67)64-31-16-14-29-62(64)74(63-30-15-17-32-65(63)75)60-27-12-9-25-57(60)71-66(74)33-19-35-70(71)76(54-41-36-50(37-42-54)49-20-5-3-6-21-49)55-43-38-51(39-44-55)52-40-45-69-59(48-52)56-24-11-18-34-68(56)77(69)53-22-7-4-8-23-53/h3-48H,1-2H3. The average molecular weight is 981 g/mol. The van der Waals surface area contributed by atoms with E-state index in [1.807, 2.05) is 0 Å². The Labute approximate surface area is 449 Å². The van der Waals surface area contributed by atoms with E-state index in [0.29, 0.717) is 0 Å². The molecule has 0 atom stereocenters. The molecule has 0 bridgehead atoms. The van der Waals surface area contributed by atoms with Gasteiger partial charge in [0.2, 0.25) is 0 Å². The van der Waals surface area contributed by atoms with Gasteiger partial charge in [0.25, 0.3) is 0 Å². The molecule has 16 rings (SSSR count). The monoisotopic (exact) mass is 980 g/mol. The zero-order valence-electron chi connectivity index (χ0n) is 43.0. The van der Waals surface area contributed by atoms with Crippen LogP contribution in [-0.4, -0.2) is 4.57 Å². The van der Waals surface area contributed by atoms with Gasteiger partial charge in [-0.1, -0.05) is 232 Å². The van der Waals surface area contributed by atoms with Gasteiger partial charge in [0.05, 0.1) is 27.6 Å². The fraction of sp³-hybridized carbons (Fsp3) is 0.0667. The summed E-state index contributed by atoms with van der Waals surface area (Å²) in [6, 6.07) is 100.